The third-order valence-corrected chi connectivity index (χ3v) is 2.48. The van der Waals surface area contributed by atoms with Crippen LogP contribution in [0, 0.1) is 6.92 Å². The summed E-state index contributed by atoms with van der Waals surface area (Å²) in [6.07, 6.45) is 1.85. The van der Waals surface area contributed by atoms with Gasteiger partial charge in [-0.15, -0.1) is 9.24 Å². The smallest absolute Gasteiger partial charge is 0.0378 e. The molecule has 1 unspecified atom stereocenters. The Kier molecular flexibility index (Phi) is 2.60. The van der Waals surface area contributed by atoms with Gasteiger partial charge in [0.15, 0.2) is 0 Å². The van der Waals surface area contributed by atoms with E-state index in [9.17, 15) is 0 Å². The van der Waals surface area contributed by atoms with Gasteiger partial charge in [-0.1, -0.05) is 18.2 Å². The first-order chi connectivity index (χ1) is 6.75. The third kappa shape index (κ3) is 2.00. The quantitative estimate of drug-likeness (QED) is 0.646. The van der Waals surface area contributed by atoms with Crippen molar-refractivity contribution in [2.24, 2.45) is 0 Å². The summed E-state index contributed by atoms with van der Waals surface area (Å²) in [6.45, 7) is 2.01. The van der Waals surface area contributed by atoms with Gasteiger partial charge >= 0.3 is 0 Å². The Hall–Kier alpha value is -1.20. The molecule has 0 saturated heterocycles. The molecular weight excluding hydrogens is 189 g/mol. The Morgan fingerprint density at radius 3 is 2.57 bits per heavy atom. The van der Waals surface area contributed by atoms with Gasteiger partial charge < -0.3 is 0 Å². The van der Waals surface area contributed by atoms with Gasteiger partial charge in [-0.2, -0.15) is 0 Å². The maximum absolute atomic E-state index is 4.18. The van der Waals surface area contributed by atoms with Gasteiger partial charge in [0.1, 0.15) is 0 Å². The second kappa shape index (κ2) is 3.89. The first-order valence-corrected chi connectivity index (χ1v) is 5.12. The van der Waals surface area contributed by atoms with Gasteiger partial charge in [-0.3, -0.25) is 4.98 Å². The average Bonchev–Trinajstić information content (AvgIpc) is 2.18. The van der Waals surface area contributed by atoms with E-state index in [1.54, 1.807) is 0 Å². The fourth-order valence-electron chi connectivity index (χ4n) is 1.44. The van der Waals surface area contributed by atoms with E-state index in [2.05, 4.69) is 44.6 Å². The lowest BCUT2D eigenvalue weighted by Gasteiger charge is -2.02. The molecule has 14 heavy (non-hydrogen) atoms. The van der Waals surface area contributed by atoms with Crippen LogP contribution in [0.5, 0.6) is 0 Å². The van der Waals surface area contributed by atoms with Crippen LogP contribution in [0.4, 0.5) is 0 Å². The van der Waals surface area contributed by atoms with E-state index >= 15 is 0 Å². The van der Waals surface area contributed by atoms with Gasteiger partial charge in [0.25, 0.3) is 0 Å². The Labute approximate surface area is 86.4 Å². The van der Waals surface area contributed by atoms with Crippen molar-refractivity contribution >= 4 is 14.5 Å². The normalized spacial score (nSPS) is 10.1. The van der Waals surface area contributed by atoms with E-state index in [0.29, 0.717) is 0 Å². The molecule has 1 atom stereocenters. The van der Waals surface area contributed by atoms with E-state index in [1.165, 1.54) is 16.4 Å². The summed E-state index contributed by atoms with van der Waals surface area (Å²) in [4.78, 5) is 4.18. The van der Waals surface area contributed by atoms with Crippen LogP contribution < -0.4 is 5.30 Å². The molecule has 2 heteroatoms. The minimum atomic E-state index is 1.05. The van der Waals surface area contributed by atoms with Crippen LogP contribution in [-0.4, -0.2) is 4.98 Å². The van der Waals surface area contributed by atoms with Crippen LogP contribution in [0.3, 0.4) is 0 Å². The van der Waals surface area contributed by atoms with E-state index in [-0.39, 0.29) is 0 Å². The van der Waals surface area contributed by atoms with Crippen LogP contribution in [0.2, 0.25) is 0 Å². The lowest BCUT2D eigenvalue weighted by Crippen LogP contribution is -1.90. The fourth-order valence-corrected chi connectivity index (χ4v) is 1.73. The topological polar surface area (TPSA) is 12.9 Å². The average molecular weight is 201 g/mol. The molecule has 2 aromatic rings. The van der Waals surface area contributed by atoms with Crippen LogP contribution in [0.25, 0.3) is 11.1 Å². The molecule has 0 N–H and O–H groups in total. The van der Waals surface area contributed by atoms with E-state index in [4.69, 9.17) is 0 Å². The van der Waals surface area contributed by atoms with Gasteiger partial charge in [-0.25, -0.2) is 0 Å². The lowest BCUT2D eigenvalue weighted by molar-refractivity contribution is 1.20. The van der Waals surface area contributed by atoms with E-state index in [1.807, 2.05) is 19.2 Å². The van der Waals surface area contributed by atoms with Gasteiger partial charge in [-0.05, 0) is 41.6 Å². The number of benzene rings is 1. The van der Waals surface area contributed by atoms with E-state index < -0.39 is 0 Å². The highest BCUT2D eigenvalue weighted by molar-refractivity contribution is 7.27. The van der Waals surface area contributed by atoms with Crippen LogP contribution >= 0.6 is 9.24 Å². The first kappa shape index (κ1) is 9.36. The highest BCUT2D eigenvalue weighted by Gasteiger charge is 1.97. The Balaban J connectivity index is 2.49. The molecule has 2 rings (SSSR count). The molecule has 1 aromatic heterocycles. The van der Waals surface area contributed by atoms with Crippen molar-refractivity contribution in [2.75, 3.05) is 0 Å². The number of rotatable bonds is 1. The number of aromatic nitrogens is 1. The van der Waals surface area contributed by atoms with Gasteiger partial charge in [0.2, 0.25) is 0 Å². The summed E-state index contributed by atoms with van der Waals surface area (Å²) in [5.41, 5.74) is 3.52. The molecule has 70 valence electrons. The molecule has 0 amide bonds. The van der Waals surface area contributed by atoms with Crippen LogP contribution in [0.15, 0.2) is 42.6 Å². The molecule has 0 aliphatic rings. The number of aryl methyl sites for hydroxylation is 1. The number of hydrogen-bond donors (Lipinski definition) is 0. The van der Waals surface area contributed by atoms with Crippen LogP contribution in [-0.2, 0) is 0 Å². The van der Waals surface area contributed by atoms with Crippen molar-refractivity contribution in [3.05, 3.63) is 48.3 Å². The minimum Gasteiger partial charge on any atom is -0.262 e. The summed E-state index contributed by atoms with van der Waals surface area (Å²) in [7, 11) is 2.71. The molecule has 1 nitrogen and oxygen atoms in total. The predicted octanol–water partition coefficient (Wildman–Crippen LogP) is 2.56. The Morgan fingerprint density at radius 2 is 1.86 bits per heavy atom. The standard InChI is InChI=1S/C12H12NP/c1-9-7-11(5-6-13-9)10-3-2-4-12(14)8-10/h2-8H,14H2,1H3. The zero-order valence-corrected chi connectivity index (χ0v) is 9.22. The third-order valence-electron chi connectivity index (χ3n) is 2.12. The minimum absolute atomic E-state index is 1.05. The van der Waals surface area contributed by atoms with E-state index in [0.717, 1.165) is 5.69 Å². The molecular formula is C12H12NP. The maximum atomic E-state index is 4.18. The molecule has 0 aliphatic heterocycles. The predicted molar refractivity (Wildman–Crippen MR) is 63.8 cm³/mol. The summed E-state index contributed by atoms with van der Waals surface area (Å²) in [6, 6.07) is 12.5. The molecule has 1 aromatic carbocycles. The molecule has 1 heterocycles. The SMILES string of the molecule is Cc1cc(-c2cccc(P)c2)ccn1. The first-order valence-electron chi connectivity index (χ1n) is 4.54. The highest BCUT2D eigenvalue weighted by atomic mass is 31.0. The van der Waals surface area contributed by atoms with Crippen molar-refractivity contribution in [3.8, 4) is 11.1 Å². The summed E-state index contributed by atoms with van der Waals surface area (Å²) in [5.74, 6) is 0. The molecule has 0 fully saturated rings. The second-order valence-electron chi connectivity index (χ2n) is 3.31. The van der Waals surface area contributed by atoms with Crippen molar-refractivity contribution in [2.45, 2.75) is 6.92 Å². The Bertz CT molecular complexity index is 408. The second-order valence-corrected chi connectivity index (χ2v) is 3.98. The summed E-state index contributed by atoms with van der Waals surface area (Å²) < 4.78 is 0. The number of hydrogen-bond acceptors (Lipinski definition) is 1. The lowest BCUT2D eigenvalue weighted by atomic mass is 10.1. The van der Waals surface area contributed by atoms with Crippen molar-refractivity contribution in [1.82, 2.24) is 4.98 Å². The molecule has 0 bridgehead atoms. The summed E-state index contributed by atoms with van der Waals surface area (Å²) in [5, 5.41) is 1.21. The molecule has 0 radical (unpaired) electrons. The molecule has 0 aliphatic carbocycles. The molecule has 0 spiro atoms. The fraction of sp³-hybridized carbons (Fsp3) is 0.0833. The zero-order valence-electron chi connectivity index (χ0n) is 8.07. The van der Waals surface area contributed by atoms with Crippen molar-refractivity contribution in [3.63, 3.8) is 0 Å². The van der Waals surface area contributed by atoms with Gasteiger partial charge in [0.05, 0.1) is 0 Å². The zero-order chi connectivity index (χ0) is 9.97. The number of nitrogens with zero attached hydrogens (tertiary/aromatic N) is 1. The number of pyridine rings is 1. The van der Waals surface area contributed by atoms with Crippen LogP contribution in [0.1, 0.15) is 5.69 Å². The van der Waals surface area contributed by atoms with Gasteiger partial charge in [0, 0.05) is 11.9 Å². The van der Waals surface area contributed by atoms with Crippen molar-refractivity contribution < 1.29 is 0 Å². The Morgan fingerprint density at radius 1 is 1.07 bits per heavy atom. The molecule has 0 saturated carbocycles. The largest absolute Gasteiger partial charge is 0.262 e. The summed E-state index contributed by atoms with van der Waals surface area (Å²) >= 11 is 0. The monoisotopic (exact) mass is 201 g/mol. The highest BCUT2D eigenvalue weighted by Crippen LogP contribution is 2.18. The van der Waals surface area contributed by atoms with Crippen molar-refractivity contribution in [1.29, 1.82) is 0 Å². The maximum Gasteiger partial charge on any atom is 0.0378 e.